The quantitative estimate of drug-likeness (QED) is 0.794. The number of methoxy groups -OCH3 is 2. The molecule has 1 aliphatic heterocycles. The van der Waals surface area contributed by atoms with Gasteiger partial charge in [0.05, 0.1) is 31.7 Å². The lowest BCUT2D eigenvalue weighted by atomic mass is 9.94. The summed E-state index contributed by atoms with van der Waals surface area (Å²) in [6, 6.07) is 3.41. The zero-order chi connectivity index (χ0) is 19.6. The summed E-state index contributed by atoms with van der Waals surface area (Å²) in [5.74, 6) is 0.755. The van der Waals surface area contributed by atoms with E-state index in [1.807, 2.05) is 11.6 Å². The predicted molar refractivity (Wildman–Crippen MR) is 99.2 cm³/mol. The van der Waals surface area contributed by atoms with Crippen LogP contribution in [0, 0.1) is 12.8 Å². The molecule has 0 fully saturated rings. The van der Waals surface area contributed by atoms with E-state index in [4.69, 9.17) is 15.2 Å². The molecule has 2 aromatic rings. The first-order chi connectivity index (χ1) is 12.9. The largest absolute Gasteiger partial charge is 0.496 e. The van der Waals surface area contributed by atoms with Gasteiger partial charge >= 0.3 is 0 Å². The average Bonchev–Trinajstić information content (AvgIpc) is 3.09. The maximum absolute atomic E-state index is 12.6. The molecule has 2 heterocycles. The zero-order valence-corrected chi connectivity index (χ0v) is 15.7. The maximum atomic E-state index is 12.6. The number of primary amides is 1. The number of hydrogen-bond acceptors (Lipinski definition) is 5. The Bertz CT molecular complexity index is 850. The second-order valence-corrected chi connectivity index (χ2v) is 6.67. The second kappa shape index (κ2) is 7.69. The van der Waals surface area contributed by atoms with Crippen molar-refractivity contribution in [3.05, 3.63) is 40.7 Å². The summed E-state index contributed by atoms with van der Waals surface area (Å²) in [6.45, 7) is 3.08. The molecule has 1 atom stereocenters. The van der Waals surface area contributed by atoms with Crippen molar-refractivity contribution in [3.8, 4) is 11.5 Å². The van der Waals surface area contributed by atoms with E-state index in [1.54, 1.807) is 26.4 Å². The van der Waals surface area contributed by atoms with Gasteiger partial charge in [-0.25, -0.2) is 0 Å². The lowest BCUT2D eigenvalue weighted by Crippen LogP contribution is -2.34. The Hall–Kier alpha value is -3.03. The number of rotatable bonds is 6. The number of carbonyl (C=O) groups excluding carboxylic acids is 2. The summed E-state index contributed by atoms with van der Waals surface area (Å²) in [4.78, 5) is 24.1. The van der Waals surface area contributed by atoms with Gasteiger partial charge in [-0.1, -0.05) is 0 Å². The lowest BCUT2D eigenvalue weighted by Gasteiger charge is -2.24. The Morgan fingerprint density at radius 3 is 2.56 bits per heavy atom. The molecular formula is C19H24N4O4. The molecule has 0 bridgehead atoms. The fraction of sp³-hybridized carbons (Fsp3) is 0.421. The van der Waals surface area contributed by atoms with Crippen LogP contribution >= 0.6 is 0 Å². The summed E-state index contributed by atoms with van der Waals surface area (Å²) >= 11 is 0. The van der Waals surface area contributed by atoms with Gasteiger partial charge in [0.1, 0.15) is 11.5 Å². The number of aryl methyl sites for hydroxylation is 1. The van der Waals surface area contributed by atoms with E-state index in [2.05, 4.69) is 10.4 Å². The van der Waals surface area contributed by atoms with Gasteiger partial charge in [0.2, 0.25) is 0 Å². The molecule has 3 N–H and O–H groups in total. The smallest absolute Gasteiger partial charge is 0.252 e. The van der Waals surface area contributed by atoms with Gasteiger partial charge in [0.25, 0.3) is 11.8 Å². The third-order valence-electron chi connectivity index (χ3n) is 5.01. The normalized spacial score (nSPS) is 15.7. The number of carbonyl (C=O) groups is 2. The SMILES string of the molecule is COc1cc(C(=O)NC[C@H]2CCn3ncc(C(N)=O)c3C2)cc(OC)c1C. The van der Waals surface area contributed by atoms with E-state index >= 15 is 0 Å². The van der Waals surface area contributed by atoms with E-state index in [0.29, 0.717) is 42.1 Å². The highest BCUT2D eigenvalue weighted by atomic mass is 16.5. The molecule has 8 heteroatoms. The third kappa shape index (κ3) is 3.74. The van der Waals surface area contributed by atoms with Gasteiger partial charge in [-0.3, -0.25) is 14.3 Å². The Morgan fingerprint density at radius 2 is 1.96 bits per heavy atom. The van der Waals surface area contributed by atoms with Crippen molar-refractivity contribution in [2.75, 3.05) is 20.8 Å². The highest BCUT2D eigenvalue weighted by molar-refractivity contribution is 5.95. The summed E-state index contributed by atoms with van der Waals surface area (Å²) in [7, 11) is 3.12. The third-order valence-corrected chi connectivity index (χ3v) is 5.01. The molecule has 0 spiro atoms. The summed E-state index contributed by atoms with van der Waals surface area (Å²) in [5.41, 5.74) is 8.03. The number of nitrogens with zero attached hydrogens (tertiary/aromatic N) is 2. The van der Waals surface area contributed by atoms with Crippen molar-refractivity contribution >= 4 is 11.8 Å². The van der Waals surface area contributed by atoms with E-state index < -0.39 is 5.91 Å². The van der Waals surface area contributed by atoms with Crippen LogP contribution in [0.4, 0.5) is 0 Å². The fourth-order valence-electron chi connectivity index (χ4n) is 3.44. The molecule has 3 rings (SSSR count). The maximum Gasteiger partial charge on any atom is 0.252 e. The molecule has 0 radical (unpaired) electrons. The van der Waals surface area contributed by atoms with Crippen LogP contribution in [0.5, 0.6) is 11.5 Å². The molecule has 1 aromatic heterocycles. The molecule has 2 amide bonds. The van der Waals surface area contributed by atoms with Crippen LogP contribution in [0.1, 0.15) is 38.4 Å². The fourth-order valence-corrected chi connectivity index (χ4v) is 3.44. The number of fused-ring (bicyclic) bond motifs is 1. The summed E-state index contributed by atoms with van der Waals surface area (Å²) in [5, 5.41) is 7.17. The van der Waals surface area contributed by atoms with E-state index in [9.17, 15) is 9.59 Å². The van der Waals surface area contributed by atoms with E-state index in [0.717, 1.165) is 17.7 Å². The minimum atomic E-state index is -0.472. The molecule has 27 heavy (non-hydrogen) atoms. The Labute approximate surface area is 157 Å². The summed E-state index contributed by atoms with van der Waals surface area (Å²) in [6.07, 6.45) is 3.04. The van der Waals surface area contributed by atoms with Crippen LogP contribution in [0.2, 0.25) is 0 Å². The molecule has 0 saturated carbocycles. The number of aromatic nitrogens is 2. The minimum Gasteiger partial charge on any atom is -0.496 e. The van der Waals surface area contributed by atoms with Crippen LogP contribution in [0.3, 0.4) is 0 Å². The van der Waals surface area contributed by atoms with Crippen molar-refractivity contribution in [2.45, 2.75) is 26.3 Å². The molecule has 8 nitrogen and oxygen atoms in total. The number of hydrogen-bond donors (Lipinski definition) is 2. The molecule has 1 aliphatic rings. The molecular weight excluding hydrogens is 348 g/mol. The monoisotopic (exact) mass is 372 g/mol. The molecule has 1 aromatic carbocycles. The average molecular weight is 372 g/mol. The minimum absolute atomic E-state index is 0.194. The Kier molecular flexibility index (Phi) is 5.34. The highest BCUT2D eigenvalue weighted by Gasteiger charge is 2.25. The standard InChI is InChI=1S/C19H24N4O4/c1-11-16(26-2)7-13(8-17(11)27-3)19(25)21-9-12-4-5-23-15(6-12)14(10-22-23)18(20)24/h7-8,10,12H,4-6,9H2,1-3H3,(H2,20,24)(H,21,25)/t12-/m0/s1. The molecule has 0 unspecified atom stereocenters. The number of nitrogens with one attached hydrogen (secondary N) is 1. The second-order valence-electron chi connectivity index (χ2n) is 6.67. The van der Waals surface area contributed by atoms with Gasteiger partial charge in [-0.15, -0.1) is 0 Å². The van der Waals surface area contributed by atoms with Crippen molar-refractivity contribution in [1.82, 2.24) is 15.1 Å². The molecule has 0 aliphatic carbocycles. The molecule has 144 valence electrons. The van der Waals surface area contributed by atoms with Crippen LogP contribution in [0.25, 0.3) is 0 Å². The molecule has 0 saturated heterocycles. The van der Waals surface area contributed by atoms with Crippen molar-refractivity contribution in [2.24, 2.45) is 11.7 Å². The number of amides is 2. The number of ether oxygens (including phenoxy) is 2. The van der Waals surface area contributed by atoms with Crippen molar-refractivity contribution in [1.29, 1.82) is 0 Å². The number of nitrogens with two attached hydrogens (primary N) is 1. The zero-order valence-electron chi connectivity index (χ0n) is 15.7. The van der Waals surface area contributed by atoms with Gasteiger partial charge < -0.3 is 20.5 Å². The first-order valence-corrected chi connectivity index (χ1v) is 8.79. The van der Waals surface area contributed by atoms with Crippen molar-refractivity contribution < 1.29 is 19.1 Å². The van der Waals surface area contributed by atoms with Crippen LogP contribution in [-0.4, -0.2) is 42.4 Å². The van der Waals surface area contributed by atoms with Gasteiger partial charge in [-0.2, -0.15) is 5.10 Å². The van der Waals surface area contributed by atoms with Crippen LogP contribution < -0.4 is 20.5 Å². The van der Waals surface area contributed by atoms with Crippen LogP contribution in [-0.2, 0) is 13.0 Å². The Balaban J connectivity index is 1.68. The van der Waals surface area contributed by atoms with Crippen LogP contribution in [0.15, 0.2) is 18.3 Å². The topological polar surface area (TPSA) is 108 Å². The lowest BCUT2D eigenvalue weighted by molar-refractivity contribution is 0.0941. The van der Waals surface area contributed by atoms with Crippen molar-refractivity contribution in [3.63, 3.8) is 0 Å². The predicted octanol–water partition coefficient (Wildman–Crippen LogP) is 1.30. The van der Waals surface area contributed by atoms with Gasteiger partial charge in [0, 0.05) is 24.2 Å². The Morgan fingerprint density at radius 1 is 1.30 bits per heavy atom. The first kappa shape index (κ1) is 18.8. The van der Waals surface area contributed by atoms with E-state index in [-0.39, 0.29) is 11.8 Å². The van der Waals surface area contributed by atoms with Gasteiger partial charge in [0.15, 0.2) is 0 Å². The van der Waals surface area contributed by atoms with E-state index in [1.165, 1.54) is 6.20 Å². The highest BCUT2D eigenvalue weighted by Crippen LogP contribution is 2.29. The summed E-state index contributed by atoms with van der Waals surface area (Å²) < 4.78 is 12.5. The van der Waals surface area contributed by atoms with Gasteiger partial charge in [-0.05, 0) is 37.8 Å². The first-order valence-electron chi connectivity index (χ1n) is 8.79. The number of benzene rings is 1.